The molecule has 1 aliphatic rings. The minimum absolute atomic E-state index is 0.0869. The van der Waals surface area contributed by atoms with Crippen LogP contribution < -0.4 is 5.32 Å². The second-order valence-corrected chi connectivity index (χ2v) is 10.2. The van der Waals surface area contributed by atoms with Crippen LogP contribution in [-0.4, -0.2) is 45.5 Å². The van der Waals surface area contributed by atoms with Gasteiger partial charge in [0.05, 0.1) is 28.2 Å². The Kier molecular flexibility index (Phi) is 6.62. The van der Waals surface area contributed by atoms with Crippen LogP contribution in [0, 0.1) is 12.3 Å². The Bertz CT molecular complexity index is 901. The summed E-state index contributed by atoms with van der Waals surface area (Å²) in [5, 5.41) is 13.1. The summed E-state index contributed by atoms with van der Waals surface area (Å²) in [6.07, 6.45) is -0.0443. The van der Waals surface area contributed by atoms with Crippen molar-refractivity contribution in [3.63, 3.8) is 0 Å². The van der Waals surface area contributed by atoms with Gasteiger partial charge in [0.25, 0.3) is 0 Å². The van der Waals surface area contributed by atoms with E-state index in [0.29, 0.717) is 6.42 Å². The van der Waals surface area contributed by atoms with E-state index < -0.39 is 12.1 Å². The average Bonchev–Trinajstić information content (AvgIpc) is 3.26. The standard InChI is InChI=1S/C23H31N3O3S/c1-14(16-6-8-17(9-7-16)21-15(2)24-13-30-21)25-22(29)19-10-18(27)12-26(19)20(28)11-23(3,4)5/h6-9,13-14,18-19,27H,10-12H2,1-5H3,(H,25,29)/t14-,18?,19?/m0/s1. The van der Waals surface area contributed by atoms with Crippen molar-refractivity contribution in [1.29, 1.82) is 0 Å². The Labute approximate surface area is 182 Å². The summed E-state index contributed by atoms with van der Waals surface area (Å²) in [6.45, 7) is 10.1. The van der Waals surface area contributed by atoms with Gasteiger partial charge in [0.15, 0.2) is 0 Å². The molecule has 6 nitrogen and oxygen atoms in total. The topological polar surface area (TPSA) is 82.5 Å². The zero-order chi connectivity index (χ0) is 22.1. The first-order valence-electron chi connectivity index (χ1n) is 10.3. The molecule has 2 aromatic rings. The maximum Gasteiger partial charge on any atom is 0.243 e. The minimum Gasteiger partial charge on any atom is -0.391 e. The maximum atomic E-state index is 12.9. The van der Waals surface area contributed by atoms with Crippen molar-refractivity contribution < 1.29 is 14.7 Å². The second-order valence-electron chi connectivity index (χ2n) is 9.31. The number of thiazole rings is 1. The van der Waals surface area contributed by atoms with Crippen molar-refractivity contribution in [1.82, 2.24) is 15.2 Å². The van der Waals surface area contributed by atoms with Gasteiger partial charge in [-0.1, -0.05) is 45.0 Å². The summed E-state index contributed by atoms with van der Waals surface area (Å²) >= 11 is 1.61. The van der Waals surface area contributed by atoms with Crippen LogP contribution in [0.4, 0.5) is 0 Å². The van der Waals surface area contributed by atoms with Crippen LogP contribution in [0.25, 0.3) is 10.4 Å². The highest BCUT2D eigenvalue weighted by Crippen LogP contribution is 2.29. The van der Waals surface area contributed by atoms with Crippen molar-refractivity contribution in [2.24, 2.45) is 5.41 Å². The molecule has 0 spiro atoms. The summed E-state index contributed by atoms with van der Waals surface area (Å²) in [7, 11) is 0. The Morgan fingerprint density at radius 1 is 1.30 bits per heavy atom. The zero-order valence-corrected chi connectivity index (χ0v) is 19.1. The van der Waals surface area contributed by atoms with Crippen LogP contribution in [0.5, 0.6) is 0 Å². The SMILES string of the molecule is Cc1ncsc1-c1ccc([C@H](C)NC(=O)C2CC(O)CN2C(=O)CC(C)(C)C)cc1. The molecule has 2 heterocycles. The van der Waals surface area contributed by atoms with Gasteiger partial charge >= 0.3 is 0 Å². The third kappa shape index (κ3) is 5.26. The molecule has 2 N–H and O–H groups in total. The lowest BCUT2D eigenvalue weighted by atomic mass is 9.91. The number of hydrogen-bond donors (Lipinski definition) is 2. The molecule has 0 saturated carbocycles. The number of hydrogen-bond acceptors (Lipinski definition) is 5. The summed E-state index contributed by atoms with van der Waals surface area (Å²) < 4.78 is 0. The molecule has 7 heteroatoms. The molecule has 3 atom stereocenters. The van der Waals surface area contributed by atoms with Gasteiger partial charge in [0, 0.05) is 19.4 Å². The van der Waals surface area contributed by atoms with E-state index in [1.54, 1.807) is 11.3 Å². The highest BCUT2D eigenvalue weighted by atomic mass is 32.1. The van der Waals surface area contributed by atoms with Crippen LogP contribution in [-0.2, 0) is 9.59 Å². The third-order valence-electron chi connectivity index (χ3n) is 5.36. The van der Waals surface area contributed by atoms with Crippen molar-refractivity contribution >= 4 is 23.2 Å². The van der Waals surface area contributed by atoms with Gasteiger partial charge in [-0.25, -0.2) is 4.98 Å². The average molecular weight is 430 g/mol. The molecule has 162 valence electrons. The number of rotatable bonds is 5. The van der Waals surface area contributed by atoms with Crippen molar-refractivity contribution in [3.8, 4) is 10.4 Å². The van der Waals surface area contributed by atoms with Crippen LogP contribution >= 0.6 is 11.3 Å². The summed E-state index contributed by atoms with van der Waals surface area (Å²) in [4.78, 5) is 32.6. The van der Waals surface area contributed by atoms with Crippen LogP contribution in [0.3, 0.4) is 0 Å². The number of aliphatic hydroxyl groups excluding tert-OH is 1. The molecule has 1 saturated heterocycles. The number of carbonyl (C=O) groups is 2. The van der Waals surface area contributed by atoms with Gasteiger partial charge in [-0.05, 0) is 30.4 Å². The highest BCUT2D eigenvalue weighted by molar-refractivity contribution is 7.13. The Hall–Kier alpha value is -2.25. The van der Waals surface area contributed by atoms with E-state index in [1.165, 1.54) is 4.90 Å². The molecule has 0 aliphatic carbocycles. The number of carbonyl (C=O) groups excluding carboxylic acids is 2. The van der Waals surface area contributed by atoms with Crippen LogP contribution in [0.15, 0.2) is 29.8 Å². The molecule has 0 bridgehead atoms. The predicted molar refractivity (Wildman–Crippen MR) is 119 cm³/mol. The van der Waals surface area contributed by atoms with Gasteiger partial charge in [-0.15, -0.1) is 11.3 Å². The molecule has 1 fully saturated rings. The van der Waals surface area contributed by atoms with Gasteiger partial charge in [0.2, 0.25) is 11.8 Å². The molecule has 2 unspecified atom stereocenters. The fourth-order valence-corrected chi connectivity index (χ4v) is 4.60. The number of aliphatic hydroxyl groups is 1. The number of amides is 2. The maximum absolute atomic E-state index is 12.9. The Morgan fingerprint density at radius 2 is 1.97 bits per heavy atom. The van der Waals surface area contributed by atoms with Crippen LogP contribution in [0.1, 0.15) is 57.8 Å². The van der Waals surface area contributed by atoms with E-state index in [9.17, 15) is 14.7 Å². The van der Waals surface area contributed by atoms with Gasteiger partial charge < -0.3 is 15.3 Å². The molecule has 3 rings (SSSR count). The second kappa shape index (κ2) is 8.86. The summed E-state index contributed by atoms with van der Waals surface area (Å²) in [5.41, 5.74) is 4.77. The molecular formula is C23H31N3O3S. The van der Waals surface area contributed by atoms with Crippen LogP contribution in [0.2, 0.25) is 0 Å². The fraction of sp³-hybridized carbons (Fsp3) is 0.522. The highest BCUT2D eigenvalue weighted by Gasteiger charge is 2.39. The summed E-state index contributed by atoms with van der Waals surface area (Å²) in [5.74, 6) is -0.306. The minimum atomic E-state index is -0.665. The van der Waals surface area contributed by atoms with E-state index in [-0.39, 0.29) is 36.2 Å². The number of aromatic nitrogens is 1. The van der Waals surface area contributed by atoms with E-state index in [1.807, 2.05) is 64.4 Å². The van der Waals surface area contributed by atoms with E-state index in [4.69, 9.17) is 0 Å². The fourth-order valence-electron chi connectivity index (χ4n) is 3.79. The smallest absolute Gasteiger partial charge is 0.243 e. The summed E-state index contributed by atoms with van der Waals surface area (Å²) in [6, 6.07) is 7.26. The van der Waals surface area contributed by atoms with Crippen molar-refractivity contribution in [2.75, 3.05) is 6.54 Å². The quantitative estimate of drug-likeness (QED) is 0.759. The van der Waals surface area contributed by atoms with Gasteiger partial charge in [-0.2, -0.15) is 0 Å². The lowest BCUT2D eigenvalue weighted by Gasteiger charge is -2.28. The molecule has 1 aromatic carbocycles. The first-order valence-corrected chi connectivity index (χ1v) is 11.2. The normalized spacial score (nSPS) is 20.3. The predicted octanol–water partition coefficient (Wildman–Crippen LogP) is 3.69. The number of likely N-dealkylation sites (tertiary alicyclic amines) is 1. The first kappa shape index (κ1) is 22.4. The number of nitrogens with zero attached hydrogens (tertiary/aromatic N) is 2. The van der Waals surface area contributed by atoms with E-state index in [0.717, 1.165) is 21.7 Å². The van der Waals surface area contributed by atoms with E-state index >= 15 is 0 Å². The molecule has 1 aromatic heterocycles. The largest absolute Gasteiger partial charge is 0.391 e. The molecule has 1 aliphatic heterocycles. The van der Waals surface area contributed by atoms with Crippen molar-refractivity contribution in [2.45, 2.75) is 65.6 Å². The monoisotopic (exact) mass is 429 g/mol. The third-order valence-corrected chi connectivity index (χ3v) is 6.34. The molecular weight excluding hydrogens is 398 g/mol. The number of benzene rings is 1. The lowest BCUT2D eigenvalue weighted by Crippen LogP contribution is -2.47. The molecule has 0 radical (unpaired) electrons. The first-order chi connectivity index (χ1) is 14.0. The number of nitrogens with one attached hydrogen (secondary N) is 1. The van der Waals surface area contributed by atoms with Crippen molar-refractivity contribution in [3.05, 3.63) is 41.0 Å². The lowest BCUT2D eigenvalue weighted by molar-refractivity contribution is -0.140. The molecule has 30 heavy (non-hydrogen) atoms. The number of β-amino-alcohol motifs (C(OH)–C–C–N with tert-alkyl or cyclic N) is 1. The van der Waals surface area contributed by atoms with Gasteiger partial charge in [-0.3, -0.25) is 9.59 Å². The Balaban J connectivity index is 1.66. The van der Waals surface area contributed by atoms with E-state index in [2.05, 4.69) is 10.3 Å². The molecule has 2 amide bonds. The zero-order valence-electron chi connectivity index (χ0n) is 18.3. The van der Waals surface area contributed by atoms with Gasteiger partial charge in [0.1, 0.15) is 6.04 Å². The number of aryl methyl sites for hydroxylation is 1. The Morgan fingerprint density at radius 3 is 2.53 bits per heavy atom.